The third-order valence-electron chi connectivity index (χ3n) is 6.77. The van der Waals surface area contributed by atoms with Gasteiger partial charge in [-0.3, -0.25) is 0 Å². The van der Waals surface area contributed by atoms with Crippen molar-refractivity contribution in [3.8, 4) is 11.3 Å². The predicted octanol–water partition coefficient (Wildman–Crippen LogP) is 5.59. The zero-order chi connectivity index (χ0) is 20.0. The van der Waals surface area contributed by atoms with E-state index in [-0.39, 0.29) is 5.97 Å². The second kappa shape index (κ2) is 7.25. The summed E-state index contributed by atoms with van der Waals surface area (Å²) in [5, 5.41) is 1.30. The van der Waals surface area contributed by atoms with E-state index in [9.17, 15) is 4.79 Å². The van der Waals surface area contributed by atoms with E-state index in [0.717, 1.165) is 18.6 Å². The summed E-state index contributed by atoms with van der Waals surface area (Å²) in [5.74, 6) is 0.316. The topological polar surface area (TPSA) is 34.5 Å². The van der Waals surface area contributed by atoms with E-state index in [1.807, 2.05) is 12.1 Å². The average Bonchev–Trinajstić information content (AvgIpc) is 3.02. The van der Waals surface area contributed by atoms with Crippen LogP contribution in [-0.4, -0.2) is 31.2 Å². The van der Waals surface area contributed by atoms with Crippen molar-refractivity contribution < 1.29 is 9.53 Å². The van der Waals surface area contributed by atoms with Crippen molar-refractivity contribution in [2.24, 2.45) is 0 Å². The molecule has 1 aliphatic carbocycles. The molecule has 0 radical (unpaired) electrons. The van der Waals surface area contributed by atoms with Gasteiger partial charge in [-0.1, -0.05) is 43.5 Å². The molecule has 4 heteroatoms. The van der Waals surface area contributed by atoms with Crippen molar-refractivity contribution in [1.29, 1.82) is 0 Å². The minimum absolute atomic E-state index is 0.271. The van der Waals surface area contributed by atoms with E-state index < -0.39 is 0 Å². The molecule has 0 spiro atoms. The molecule has 1 saturated carbocycles. The Kier molecular flexibility index (Phi) is 4.57. The van der Waals surface area contributed by atoms with Crippen molar-refractivity contribution in [1.82, 2.24) is 4.57 Å². The van der Waals surface area contributed by atoms with Gasteiger partial charge in [-0.25, -0.2) is 4.79 Å². The van der Waals surface area contributed by atoms with Crippen LogP contribution in [-0.2, 0) is 11.3 Å². The highest BCUT2D eigenvalue weighted by atomic mass is 16.5. The zero-order valence-corrected chi connectivity index (χ0v) is 17.3. The fourth-order valence-electron chi connectivity index (χ4n) is 5.33. The number of ether oxygens (including phenoxy) is 1. The van der Waals surface area contributed by atoms with Crippen LogP contribution in [0.4, 0.5) is 5.69 Å². The maximum atomic E-state index is 12.2. The first-order valence-electron chi connectivity index (χ1n) is 10.7. The Labute approximate surface area is 172 Å². The molecule has 1 aliphatic heterocycles. The summed E-state index contributed by atoms with van der Waals surface area (Å²) in [6.07, 6.45) is 6.46. The molecule has 0 unspecified atom stereocenters. The Balaban J connectivity index is 1.82. The summed E-state index contributed by atoms with van der Waals surface area (Å²) >= 11 is 0. The molecule has 5 rings (SSSR count). The molecule has 2 aromatic carbocycles. The lowest BCUT2D eigenvalue weighted by Gasteiger charge is -2.24. The first-order chi connectivity index (χ1) is 14.2. The monoisotopic (exact) mass is 388 g/mol. The lowest BCUT2D eigenvalue weighted by Crippen LogP contribution is -2.20. The van der Waals surface area contributed by atoms with E-state index in [1.54, 1.807) is 0 Å². The largest absolute Gasteiger partial charge is 0.465 e. The lowest BCUT2D eigenvalue weighted by atomic mass is 9.81. The normalized spacial score (nSPS) is 17.0. The molecule has 4 nitrogen and oxygen atoms in total. The molecule has 3 aromatic rings. The van der Waals surface area contributed by atoms with Gasteiger partial charge in [-0.15, -0.1) is 0 Å². The van der Waals surface area contributed by atoms with Crippen LogP contribution in [0.2, 0.25) is 0 Å². The van der Waals surface area contributed by atoms with E-state index in [0.29, 0.717) is 11.5 Å². The highest BCUT2D eigenvalue weighted by molar-refractivity contribution is 6.00. The van der Waals surface area contributed by atoms with Crippen LogP contribution in [0.3, 0.4) is 0 Å². The smallest absolute Gasteiger partial charge is 0.337 e. The lowest BCUT2D eigenvalue weighted by molar-refractivity contribution is 0.0601. The number of esters is 1. The fraction of sp³-hybridized carbons (Fsp3) is 0.400. The maximum absolute atomic E-state index is 12.2. The number of hydrogen-bond donors (Lipinski definition) is 0. The van der Waals surface area contributed by atoms with Crippen molar-refractivity contribution in [2.45, 2.75) is 44.6 Å². The van der Waals surface area contributed by atoms with Gasteiger partial charge in [-0.2, -0.15) is 0 Å². The van der Waals surface area contributed by atoms with Crippen LogP contribution in [0, 0.1) is 0 Å². The molecular formula is C25H28N2O2. The fourth-order valence-corrected chi connectivity index (χ4v) is 5.33. The van der Waals surface area contributed by atoms with Crippen LogP contribution >= 0.6 is 0 Å². The van der Waals surface area contributed by atoms with Crippen LogP contribution in [0.15, 0.2) is 42.5 Å². The van der Waals surface area contributed by atoms with Crippen LogP contribution in [0.5, 0.6) is 0 Å². The Morgan fingerprint density at radius 3 is 2.62 bits per heavy atom. The SMILES string of the molecule is COC(=O)c1ccc2c(C3CCCCC3)c3n(c2c1)CCN(C)c1ccccc1-3. The van der Waals surface area contributed by atoms with Gasteiger partial charge in [0.1, 0.15) is 0 Å². The van der Waals surface area contributed by atoms with Crippen molar-refractivity contribution in [2.75, 3.05) is 25.6 Å². The number of anilines is 1. The van der Waals surface area contributed by atoms with Crippen molar-refractivity contribution >= 4 is 22.6 Å². The highest BCUT2D eigenvalue weighted by Gasteiger charge is 2.29. The number of fused-ring (bicyclic) bond motifs is 5. The minimum Gasteiger partial charge on any atom is -0.465 e. The second-order valence-corrected chi connectivity index (χ2v) is 8.41. The summed E-state index contributed by atoms with van der Waals surface area (Å²) in [6.45, 7) is 1.86. The second-order valence-electron chi connectivity index (χ2n) is 8.41. The van der Waals surface area contributed by atoms with Gasteiger partial charge in [0.05, 0.1) is 18.4 Å². The molecule has 0 saturated heterocycles. The Morgan fingerprint density at radius 2 is 1.83 bits per heavy atom. The molecule has 1 fully saturated rings. The number of hydrogen-bond acceptors (Lipinski definition) is 3. The third-order valence-corrected chi connectivity index (χ3v) is 6.77. The summed E-state index contributed by atoms with van der Waals surface area (Å²) in [7, 11) is 3.62. The molecule has 0 atom stereocenters. The molecule has 2 heterocycles. The van der Waals surface area contributed by atoms with E-state index >= 15 is 0 Å². The number of likely N-dealkylation sites (N-methyl/N-ethyl adjacent to an activating group) is 1. The maximum Gasteiger partial charge on any atom is 0.337 e. The van der Waals surface area contributed by atoms with Crippen molar-refractivity contribution in [3.63, 3.8) is 0 Å². The van der Waals surface area contributed by atoms with Gasteiger partial charge in [-0.05, 0) is 42.5 Å². The molecular weight excluding hydrogens is 360 g/mol. The number of aromatic nitrogens is 1. The number of rotatable bonds is 2. The molecule has 2 aliphatic rings. The first kappa shape index (κ1) is 18.3. The minimum atomic E-state index is -0.271. The van der Waals surface area contributed by atoms with Gasteiger partial charge >= 0.3 is 5.97 Å². The zero-order valence-electron chi connectivity index (χ0n) is 17.3. The Hall–Kier alpha value is -2.75. The molecule has 0 amide bonds. The summed E-state index contributed by atoms with van der Waals surface area (Å²) < 4.78 is 7.45. The summed E-state index contributed by atoms with van der Waals surface area (Å²) in [4.78, 5) is 14.6. The average molecular weight is 389 g/mol. The quantitative estimate of drug-likeness (QED) is 0.537. The molecule has 150 valence electrons. The third kappa shape index (κ3) is 2.93. The van der Waals surface area contributed by atoms with Gasteiger partial charge < -0.3 is 14.2 Å². The number of benzene rings is 2. The van der Waals surface area contributed by atoms with Gasteiger partial charge in [0.2, 0.25) is 0 Å². The number of para-hydroxylation sites is 1. The predicted molar refractivity (Wildman–Crippen MR) is 118 cm³/mol. The van der Waals surface area contributed by atoms with Crippen LogP contribution < -0.4 is 4.90 Å². The number of methoxy groups -OCH3 is 1. The molecule has 1 aromatic heterocycles. The van der Waals surface area contributed by atoms with E-state index in [2.05, 4.69) is 46.8 Å². The molecule has 29 heavy (non-hydrogen) atoms. The van der Waals surface area contributed by atoms with Gasteiger partial charge in [0, 0.05) is 42.3 Å². The van der Waals surface area contributed by atoms with Gasteiger partial charge in [0.15, 0.2) is 0 Å². The van der Waals surface area contributed by atoms with Crippen LogP contribution in [0.1, 0.15) is 53.9 Å². The summed E-state index contributed by atoms with van der Waals surface area (Å²) in [6, 6.07) is 14.9. The molecule has 0 N–H and O–H groups in total. The highest BCUT2D eigenvalue weighted by Crippen LogP contribution is 2.47. The Bertz CT molecular complexity index is 1080. The molecule has 0 bridgehead atoms. The standard InChI is InChI=1S/C25H28N2O2/c1-26-14-15-27-22-16-18(25(28)29-2)12-13-19(22)23(17-8-4-3-5-9-17)24(27)20-10-6-7-11-21(20)26/h6-7,10-13,16-17H,3-5,8-9,14-15H2,1-2H3. The van der Waals surface area contributed by atoms with E-state index in [1.165, 1.54) is 67.1 Å². The number of nitrogens with zero attached hydrogens (tertiary/aromatic N) is 2. The van der Waals surface area contributed by atoms with Gasteiger partial charge in [0.25, 0.3) is 0 Å². The summed E-state index contributed by atoms with van der Waals surface area (Å²) in [5.41, 5.74) is 7.23. The number of carbonyl (C=O) groups is 1. The van der Waals surface area contributed by atoms with Crippen molar-refractivity contribution in [3.05, 3.63) is 53.6 Å². The number of carbonyl (C=O) groups excluding carboxylic acids is 1. The van der Waals surface area contributed by atoms with E-state index in [4.69, 9.17) is 4.74 Å². The first-order valence-corrected chi connectivity index (χ1v) is 10.7. The van der Waals surface area contributed by atoms with Crippen LogP contribution in [0.25, 0.3) is 22.2 Å². The Morgan fingerprint density at radius 1 is 1.03 bits per heavy atom.